The third-order valence-corrected chi connectivity index (χ3v) is 5.50. The predicted octanol–water partition coefficient (Wildman–Crippen LogP) is 4.39. The number of nitrogens with one attached hydrogen (secondary N) is 1. The second kappa shape index (κ2) is 7.73. The van der Waals surface area contributed by atoms with E-state index in [-0.39, 0.29) is 29.3 Å². The summed E-state index contributed by atoms with van der Waals surface area (Å²) in [5, 5.41) is 3.34. The number of likely N-dealkylation sites (tertiary alicyclic amines) is 1. The van der Waals surface area contributed by atoms with Crippen molar-refractivity contribution in [2.45, 2.75) is 38.8 Å². The van der Waals surface area contributed by atoms with Crippen molar-refractivity contribution in [2.24, 2.45) is 0 Å². The smallest absolute Gasteiger partial charge is 0.295 e. The molecule has 1 aliphatic rings. The Bertz CT molecular complexity index is 1050. The minimum Gasteiger partial charge on any atom is -0.493 e. The number of benzene rings is 2. The normalized spacial score (nSPS) is 19.4. The van der Waals surface area contributed by atoms with Crippen molar-refractivity contribution < 1.29 is 18.3 Å². The van der Waals surface area contributed by atoms with Gasteiger partial charge in [-0.05, 0) is 56.5 Å². The van der Waals surface area contributed by atoms with Gasteiger partial charge in [-0.15, -0.1) is 0 Å². The van der Waals surface area contributed by atoms with Gasteiger partial charge >= 0.3 is 0 Å². The number of methoxy groups -OCH3 is 1. The molecule has 0 unspecified atom stereocenters. The number of nitrogens with zero attached hydrogens (tertiary/aromatic N) is 2. The molecule has 1 aliphatic heterocycles. The Balaban J connectivity index is 1.55. The van der Waals surface area contributed by atoms with E-state index in [4.69, 9.17) is 9.15 Å². The van der Waals surface area contributed by atoms with E-state index in [9.17, 15) is 9.18 Å². The van der Waals surface area contributed by atoms with Crippen LogP contribution in [0.15, 0.2) is 40.8 Å². The fourth-order valence-corrected chi connectivity index (χ4v) is 3.92. The van der Waals surface area contributed by atoms with E-state index in [0.29, 0.717) is 12.6 Å². The molecule has 2 atom stereocenters. The van der Waals surface area contributed by atoms with Crippen LogP contribution in [0.25, 0.3) is 11.1 Å². The second-order valence-electron chi connectivity index (χ2n) is 7.44. The summed E-state index contributed by atoms with van der Waals surface area (Å²) in [6, 6.07) is 10.6. The molecule has 29 heavy (non-hydrogen) atoms. The van der Waals surface area contributed by atoms with Crippen LogP contribution < -0.4 is 10.1 Å². The van der Waals surface area contributed by atoms with Crippen molar-refractivity contribution in [3.63, 3.8) is 0 Å². The molecule has 2 aromatic carbocycles. The molecule has 1 amide bonds. The van der Waals surface area contributed by atoms with E-state index in [1.54, 1.807) is 11.0 Å². The summed E-state index contributed by atoms with van der Waals surface area (Å²) >= 11 is 0. The monoisotopic (exact) mass is 397 g/mol. The number of aryl methyl sites for hydroxylation is 1. The number of para-hydroxylation sites is 1. The maximum absolute atomic E-state index is 14.0. The number of carbonyl (C=O) groups excluding carboxylic acids is 1. The van der Waals surface area contributed by atoms with Crippen LogP contribution in [0, 0.1) is 12.7 Å². The lowest BCUT2D eigenvalue weighted by Crippen LogP contribution is -2.52. The number of hydrogen-bond donors (Lipinski definition) is 1. The number of anilines is 1. The summed E-state index contributed by atoms with van der Waals surface area (Å²) in [5.41, 5.74) is 2.87. The fourth-order valence-electron chi connectivity index (χ4n) is 3.92. The Hall–Kier alpha value is -3.09. The number of halogens is 1. The van der Waals surface area contributed by atoms with E-state index < -0.39 is 5.82 Å². The lowest BCUT2D eigenvalue weighted by atomic mass is 9.96. The molecule has 2 heterocycles. The Morgan fingerprint density at radius 1 is 1.34 bits per heavy atom. The first-order valence-corrected chi connectivity index (χ1v) is 9.75. The molecule has 0 bridgehead atoms. The number of fused-ring (bicyclic) bond motifs is 1. The van der Waals surface area contributed by atoms with Crippen LogP contribution in [0.1, 0.15) is 35.7 Å². The molecular formula is C22H24FN3O3. The number of amides is 1. The first kappa shape index (κ1) is 19.2. The van der Waals surface area contributed by atoms with Crippen LogP contribution in [0.4, 0.5) is 10.4 Å². The topological polar surface area (TPSA) is 67.6 Å². The van der Waals surface area contributed by atoms with Gasteiger partial charge in [-0.25, -0.2) is 4.39 Å². The molecule has 0 saturated carbocycles. The molecule has 6 nitrogen and oxygen atoms in total. The first-order valence-electron chi connectivity index (χ1n) is 9.75. The first-order chi connectivity index (χ1) is 14.0. The highest BCUT2D eigenvalue weighted by atomic mass is 19.1. The van der Waals surface area contributed by atoms with Crippen LogP contribution in [-0.4, -0.2) is 41.5 Å². The number of rotatable bonds is 4. The van der Waals surface area contributed by atoms with Gasteiger partial charge in [0.1, 0.15) is 5.52 Å². The molecule has 0 spiro atoms. The van der Waals surface area contributed by atoms with Crippen molar-refractivity contribution in [3.8, 4) is 5.75 Å². The Morgan fingerprint density at radius 3 is 2.97 bits per heavy atom. The maximum Gasteiger partial charge on any atom is 0.295 e. The molecule has 0 aliphatic carbocycles. The van der Waals surface area contributed by atoms with Gasteiger partial charge in [0.15, 0.2) is 17.1 Å². The van der Waals surface area contributed by atoms with Gasteiger partial charge in [0.25, 0.3) is 11.9 Å². The van der Waals surface area contributed by atoms with Crippen LogP contribution in [0.3, 0.4) is 0 Å². The summed E-state index contributed by atoms with van der Waals surface area (Å²) in [4.78, 5) is 19.4. The standard InChI is InChI=1S/C22H24FN3O3/c1-13-9-10-19-18(12-13)25-22(29-19)24-17-8-5-11-26(14(17)2)21(27)15-6-4-7-16(23)20(15)28-3/h4,6-7,9-10,12,14,17H,5,8,11H2,1-3H3,(H,24,25)/t14-,17+/m0/s1. The lowest BCUT2D eigenvalue weighted by molar-refractivity contribution is 0.0611. The molecule has 1 N–H and O–H groups in total. The summed E-state index contributed by atoms with van der Waals surface area (Å²) in [5.74, 6) is -0.804. The van der Waals surface area contributed by atoms with E-state index in [1.807, 2.05) is 32.0 Å². The number of piperidine rings is 1. The molecule has 1 aromatic heterocycles. The Kier molecular flexibility index (Phi) is 5.13. The van der Waals surface area contributed by atoms with E-state index in [1.165, 1.54) is 19.2 Å². The SMILES string of the molecule is COc1c(F)cccc1C(=O)N1CCC[C@@H](Nc2nc3cc(C)ccc3o2)[C@@H]1C. The average Bonchev–Trinajstić information content (AvgIpc) is 3.10. The molecule has 0 radical (unpaired) electrons. The minimum absolute atomic E-state index is 0.0193. The third kappa shape index (κ3) is 3.64. The second-order valence-corrected chi connectivity index (χ2v) is 7.44. The highest BCUT2D eigenvalue weighted by Crippen LogP contribution is 2.29. The van der Waals surface area contributed by atoms with Gasteiger partial charge in [0.2, 0.25) is 0 Å². The van der Waals surface area contributed by atoms with Crippen molar-refractivity contribution in [1.29, 1.82) is 0 Å². The van der Waals surface area contributed by atoms with E-state index >= 15 is 0 Å². The Labute approximate surface area is 168 Å². The number of oxazole rings is 1. The zero-order valence-electron chi connectivity index (χ0n) is 16.7. The van der Waals surface area contributed by atoms with Crippen LogP contribution in [0.5, 0.6) is 5.75 Å². The zero-order chi connectivity index (χ0) is 20.5. The predicted molar refractivity (Wildman–Crippen MR) is 109 cm³/mol. The van der Waals surface area contributed by atoms with Gasteiger partial charge in [-0.3, -0.25) is 4.79 Å². The van der Waals surface area contributed by atoms with Gasteiger partial charge in [0.05, 0.1) is 18.7 Å². The van der Waals surface area contributed by atoms with E-state index in [2.05, 4.69) is 10.3 Å². The summed E-state index contributed by atoms with van der Waals surface area (Å²) in [7, 11) is 1.37. The van der Waals surface area contributed by atoms with Crippen LogP contribution in [-0.2, 0) is 0 Å². The van der Waals surface area contributed by atoms with Crippen molar-refractivity contribution >= 4 is 23.0 Å². The fraction of sp³-hybridized carbons (Fsp3) is 0.364. The Morgan fingerprint density at radius 2 is 2.17 bits per heavy atom. The average molecular weight is 397 g/mol. The van der Waals surface area contributed by atoms with Crippen LogP contribution >= 0.6 is 0 Å². The van der Waals surface area contributed by atoms with E-state index in [0.717, 1.165) is 29.5 Å². The number of ether oxygens (including phenoxy) is 1. The molecule has 152 valence electrons. The van der Waals surface area contributed by atoms with Crippen molar-refractivity contribution in [2.75, 3.05) is 19.0 Å². The molecular weight excluding hydrogens is 373 g/mol. The maximum atomic E-state index is 14.0. The molecule has 4 rings (SSSR count). The highest BCUT2D eigenvalue weighted by Gasteiger charge is 2.33. The third-order valence-electron chi connectivity index (χ3n) is 5.50. The van der Waals surface area contributed by atoms with Crippen molar-refractivity contribution in [3.05, 3.63) is 53.3 Å². The molecule has 3 aromatic rings. The minimum atomic E-state index is -0.542. The van der Waals surface area contributed by atoms with Gasteiger partial charge < -0.3 is 19.4 Å². The quantitative estimate of drug-likeness (QED) is 0.707. The van der Waals surface area contributed by atoms with Crippen LogP contribution in [0.2, 0.25) is 0 Å². The lowest BCUT2D eigenvalue weighted by Gasteiger charge is -2.39. The largest absolute Gasteiger partial charge is 0.493 e. The number of hydrogen-bond acceptors (Lipinski definition) is 5. The van der Waals surface area contributed by atoms with Gasteiger partial charge in [-0.2, -0.15) is 4.98 Å². The summed E-state index contributed by atoms with van der Waals surface area (Å²) in [6.07, 6.45) is 1.70. The zero-order valence-corrected chi connectivity index (χ0v) is 16.7. The number of carbonyl (C=O) groups is 1. The van der Waals surface area contributed by atoms with Gasteiger partial charge in [0, 0.05) is 12.6 Å². The van der Waals surface area contributed by atoms with Gasteiger partial charge in [-0.1, -0.05) is 12.1 Å². The number of aromatic nitrogens is 1. The highest BCUT2D eigenvalue weighted by molar-refractivity contribution is 5.97. The molecule has 1 saturated heterocycles. The summed E-state index contributed by atoms with van der Waals surface area (Å²) in [6.45, 7) is 4.59. The molecule has 1 fully saturated rings. The summed E-state index contributed by atoms with van der Waals surface area (Å²) < 4.78 is 25.0. The molecule has 7 heteroatoms. The van der Waals surface area contributed by atoms with Crippen molar-refractivity contribution in [1.82, 2.24) is 9.88 Å².